The fourth-order valence-electron chi connectivity index (χ4n) is 11.2. The zero-order valence-corrected chi connectivity index (χ0v) is 44.5. The van der Waals surface area contributed by atoms with Gasteiger partial charge in [-0.2, -0.15) is 0 Å². The van der Waals surface area contributed by atoms with E-state index in [0.717, 1.165) is 0 Å². The standard InChI is InChI=1S/C49H74O36/c50-5-13-1-3-14(4-2-13)71-12-21-42-28(63)35(70)49(78-21)84-41-20(11-56)76-47(33(68)26(41)61)82-39-18(9-54)74-45(31(66)24(39)59)80-37-16(7-52)72-43(29(64)22(37)57)79-36-15(6-51)73-44(30(65)23(36)58)81-38-17(8-53)75-46(32(67)25(38)60)83-40-19(10-55)77-48(85-42)34(69)27(40)62/h1-5,15-49,51-70H,6-12H2/t15-,16-,17-,18-,19-,20-,21-,22-,23-,24-,25-,26-,27-,28-,29-,30-,31-,32-,33-,34-,35-,36-,37-,38-,39-,40-,41-,42-,43-,44-,45-,46-,47-,48-,49-/m1/s1. The van der Waals surface area contributed by atoms with E-state index in [1.54, 1.807) is 0 Å². The molecule has 0 spiro atoms. The van der Waals surface area contributed by atoms with E-state index in [4.69, 9.17) is 71.1 Å². The lowest BCUT2D eigenvalue weighted by Crippen LogP contribution is -2.68. The van der Waals surface area contributed by atoms with Crippen LogP contribution in [0.5, 0.6) is 5.75 Å². The Morgan fingerprint density at radius 2 is 0.471 bits per heavy atom. The number of carbonyl (C=O) groups is 1. The lowest BCUT2D eigenvalue weighted by Gasteiger charge is -2.50. The summed E-state index contributed by atoms with van der Waals surface area (Å²) in [6.07, 6.45) is -70.2. The van der Waals surface area contributed by atoms with Crippen molar-refractivity contribution >= 4 is 6.29 Å². The van der Waals surface area contributed by atoms with Crippen molar-refractivity contribution in [2.45, 2.75) is 215 Å². The van der Waals surface area contributed by atoms with Crippen LogP contribution < -0.4 is 4.74 Å². The van der Waals surface area contributed by atoms with Gasteiger partial charge in [-0.15, -0.1) is 0 Å². The monoisotopic (exact) mass is 1240 g/mol. The molecule has 14 bridgehead atoms. The van der Waals surface area contributed by atoms with Crippen LogP contribution in [0.3, 0.4) is 0 Å². The lowest BCUT2D eigenvalue weighted by atomic mass is 9.95. The Hall–Kier alpha value is -2.67. The molecule has 0 saturated carbocycles. The summed E-state index contributed by atoms with van der Waals surface area (Å²) < 4.78 is 86.8. The number of ether oxygens (including phenoxy) is 15. The highest BCUT2D eigenvalue weighted by molar-refractivity contribution is 5.74. The van der Waals surface area contributed by atoms with Crippen molar-refractivity contribution in [2.75, 3.05) is 46.2 Å². The molecule has 36 heteroatoms. The molecule has 486 valence electrons. The van der Waals surface area contributed by atoms with E-state index >= 15 is 0 Å². The van der Waals surface area contributed by atoms with Crippen LogP contribution >= 0.6 is 0 Å². The average Bonchev–Trinajstić information content (AvgIpc) is 2.71. The maximum absolute atomic E-state index is 11.8. The number of aliphatic hydroxyl groups is 20. The van der Waals surface area contributed by atoms with Gasteiger partial charge >= 0.3 is 0 Å². The second-order valence-corrected chi connectivity index (χ2v) is 21.5. The second-order valence-electron chi connectivity index (χ2n) is 21.5. The van der Waals surface area contributed by atoms with Gasteiger partial charge in [-0.25, -0.2) is 0 Å². The minimum absolute atomic E-state index is 0.0978. The Balaban J connectivity index is 1.02. The molecule has 22 rings (SSSR count). The smallest absolute Gasteiger partial charge is 0.187 e. The summed E-state index contributed by atoms with van der Waals surface area (Å²) in [4.78, 5) is 11.3. The highest BCUT2D eigenvalue weighted by Gasteiger charge is 2.59. The molecule has 0 aliphatic carbocycles. The van der Waals surface area contributed by atoms with Crippen molar-refractivity contribution in [1.29, 1.82) is 0 Å². The summed E-state index contributed by atoms with van der Waals surface area (Å²) in [5, 5.41) is 223. The van der Waals surface area contributed by atoms with Crippen LogP contribution in [-0.4, -0.2) is 370 Å². The maximum Gasteiger partial charge on any atom is 0.187 e. The number of rotatable bonds is 10. The maximum atomic E-state index is 11.8. The molecule has 1 aromatic rings. The summed E-state index contributed by atoms with van der Waals surface area (Å²) in [7, 11) is 0. The lowest BCUT2D eigenvalue weighted by molar-refractivity contribution is -0.396. The number of carbonyl (C=O) groups excluding carboxylic acids is 1. The second kappa shape index (κ2) is 28.7. The van der Waals surface area contributed by atoms with Crippen molar-refractivity contribution in [3.63, 3.8) is 0 Å². The largest absolute Gasteiger partial charge is 0.491 e. The van der Waals surface area contributed by atoms with Crippen LogP contribution in [0, 0.1) is 0 Å². The van der Waals surface area contributed by atoms with E-state index in [9.17, 15) is 107 Å². The minimum atomic E-state index is -2.23. The number of hydrogen-bond acceptors (Lipinski definition) is 36. The van der Waals surface area contributed by atoms with Crippen LogP contribution in [0.25, 0.3) is 0 Å². The third kappa shape index (κ3) is 13.6. The zero-order valence-electron chi connectivity index (χ0n) is 44.5. The van der Waals surface area contributed by atoms with Crippen LogP contribution in [-0.2, 0) is 66.3 Å². The van der Waals surface area contributed by atoms with E-state index in [2.05, 4.69) is 0 Å². The first-order valence-electron chi connectivity index (χ1n) is 27.1. The molecular weight excluding hydrogens is 1160 g/mol. The fraction of sp³-hybridized carbons (Fsp3) is 0.857. The highest BCUT2D eigenvalue weighted by Crippen LogP contribution is 2.39. The van der Waals surface area contributed by atoms with Gasteiger partial charge in [0.1, 0.15) is 190 Å². The average molecular weight is 1240 g/mol. The number of aliphatic hydroxyl groups excluding tert-OH is 20. The summed E-state index contributed by atoms with van der Waals surface area (Å²) in [5.74, 6) is 0.0978. The van der Waals surface area contributed by atoms with E-state index in [1.165, 1.54) is 24.3 Å². The van der Waals surface area contributed by atoms with E-state index in [0.29, 0.717) is 6.29 Å². The zero-order chi connectivity index (χ0) is 61.5. The predicted octanol–water partition coefficient (Wildman–Crippen LogP) is -13.3. The molecule has 35 atom stereocenters. The van der Waals surface area contributed by atoms with Crippen molar-refractivity contribution in [3.8, 4) is 5.75 Å². The van der Waals surface area contributed by atoms with Crippen molar-refractivity contribution in [2.24, 2.45) is 0 Å². The number of aldehydes is 1. The van der Waals surface area contributed by atoms with E-state index in [1.807, 2.05) is 0 Å². The van der Waals surface area contributed by atoms with Crippen LogP contribution in [0.4, 0.5) is 0 Å². The van der Waals surface area contributed by atoms with Gasteiger partial charge in [0.25, 0.3) is 0 Å². The molecule has 85 heavy (non-hydrogen) atoms. The summed E-state index contributed by atoms with van der Waals surface area (Å²) >= 11 is 0. The van der Waals surface area contributed by atoms with Gasteiger partial charge < -0.3 is 173 Å². The first kappa shape index (κ1) is 66.7. The highest BCUT2D eigenvalue weighted by atomic mass is 16.8. The Bertz CT molecular complexity index is 2230. The topological polar surface area (TPSA) is 560 Å². The van der Waals surface area contributed by atoms with Crippen molar-refractivity contribution in [3.05, 3.63) is 29.8 Å². The Kier molecular flexibility index (Phi) is 22.5. The van der Waals surface area contributed by atoms with Gasteiger partial charge in [0.05, 0.1) is 39.6 Å². The molecular formula is C49H74O36. The molecule has 0 aromatic heterocycles. The molecule has 0 amide bonds. The van der Waals surface area contributed by atoms with Gasteiger partial charge in [-0.1, -0.05) is 0 Å². The quantitative estimate of drug-likeness (QED) is 0.0967. The third-order valence-electron chi connectivity index (χ3n) is 16.0. The molecule has 21 aliphatic heterocycles. The van der Waals surface area contributed by atoms with Crippen LogP contribution in [0.2, 0.25) is 0 Å². The molecule has 20 N–H and O–H groups in total. The van der Waals surface area contributed by atoms with Gasteiger partial charge in [0.2, 0.25) is 0 Å². The molecule has 0 unspecified atom stereocenters. The molecule has 21 aliphatic rings. The summed E-state index contributed by atoms with van der Waals surface area (Å²) in [5.41, 5.74) is 0.252. The first-order chi connectivity index (χ1) is 40.6. The van der Waals surface area contributed by atoms with Crippen molar-refractivity contribution in [1.82, 2.24) is 0 Å². The van der Waals surface area contributed by atoms with Crippen LogP contribution in [0.1, 0.15) is 10.4 Å². The van der Waals surface area contributed by atoms with Gasteiger partial charge in [-0.3, -0.25) is 4.79 Å². The Labute approximate surface area is 480 Å². The molecule has 1 aromatic carbocycles. The van der Waals surface area contributed by atoms with E-state index in [-0.39, 0.29) is 11.3 Å². The molecule has 21 fully saturated rings. The van der Waals surface area contributed by atoms with Gasteiger partial charge in [-0.05, 0) is 24.3 Å². The normalized spacial score (nSPS) is 51.1. The Morgan fingerprint density at radius 3 is 0.659 bits per heavy atom. The SMILES string of the molecule is O=Cc1ccc(OC[C@H]2O[C@@H]3O[C@H]4[C@H](O)[C@@H](O)[C@@H](O[C@H]5[C@H](O)[C@@H](O)[C@@H](O[C@H]6[C@H](O)[C@@H](O)[C@@H](O[C@H]7[C@H](O)[C@@H](O)[C@@H](O[C@H]8[C@H](O)[C@@H](O)[C@@H](O[C@H]9[C@H](O)[C@@H](O)[C@@H](O[C@H]2[C@H](O)[C@H]3O)O[C@@H]9CO)O[C@@H]8CO)O[C@@H]7CO)O[C@@H]6CO)O[C@@H]5CO)O[C@@H]4CO)cc1. The molecule has 0 radical (unpaired) electrons. The van der Waals surface area contributed by atoms with Crippen LogP contribution in [0.15, 0.2) is 24.3 Å². The van der Waals surface area contributed by atoms with Gasteiger partial charge in [0, 0.05) is 5.56 Å². The predicted molar refractivity (Wildman–Crippen MR) is 259 cm³/mol. The van der Waals surface area contributed by atoms with Crippen molar-refractivity contribution < 1.29 is 178 Å². The molecule has 21 heterocycles. The first-order valence-corrected chi connectivity index (χ1v) is 27.1. The van der Waals surface area contributed by atoms with E-state index < -0.39 is 261 Å². The van der Waals surface area contributed by atoms with Gasteiger partial charge in [0.15, 0.2) is 44.0 Å². The summed E-state index contributed by atoms with van der Waals surface area (Å²) in [6.45, 7) is -6.99. The molecule has 21 saturated heterocycles. The molecule has 36 nitrogen and oxygen atoms in total. The Morgan fingerprint density at radius 1 is 0.282 bits per heavy atom. The minimum Gasteiger partial charge on any atom is -0.491 e. The number of hydrogen-bond donors (Lipinski definition) is 20. The summed E-state index contributed by atoms with van der Waals surface area (Å²) in [6, 6.07) is 5.51. The fourth-order valence-corrected chi connectivity index (χ4v) is 11.2. The third-order valence-corrected chi connectivity index (χ3v) is 16.0. The number of benzene rings is 1.